The van der Waals surface area contributed by atoms with Crippen molar-refractivity contribution < 1.29 is 14.3 Å². The van der Waals surface area contributed by atoms with Crippen LogP contribution in [0.25, 0.3) is 0 Å². The summed E-state index contributed by atoms with van der Waals surface area (Å²) >= 11 is 18.5. The van der Waals surface area contributed by atoms with Crippen molar-refractivity contribution in [2.24, 2.45) is 0 Å². The Morgan fingerprint density at radius 1 is 0.941 bits per heavy atom. The van der Waals surface area contributed by atoms with Crippen molar-refractivity contribution in [3.8, 4) is 5.75 Å². The predicted molar refractivity (Wildman–Crippen MR) is 137 cm³/mol. The molecule has 8 heteroatoms. The largest absolute Gasteiger partial charge is 0.482 e. The fourth-order valence-electron chi connectivity index (χ4n) is 3.47. The van der Waals surface area contributed by atoms with Gasteiger partial charge in [-0.25, -0.2) is 0 Å². The third-order valence-electron chi connectivity index (χ3n) is 5.17. The fourth-order valence-corrected chi connectivity index (χ4v) is 4.13. The Labute approximate surface area is 214 Å². The summed E-state index contributed by atoms with van der Waals surface area (Å²) in [6.07, 6.45) is 0.338. The van der Waals surface area contributed by atoms with Gasteiger partial charge in [0.2, 0.25) is 5.91 Å². The molecule has 0 radical (unpaired) electrons. The Bertz CT molecular complexity index is 1130. The number of amides is 2. The molecular weight excluding hydrogens is 495 g/mol. The Morgan fingerprint density at radius 2 is 1.65 bits per heavy atom. The van der Waals surface area contributed by atoms with Gasteiger partial charge in [-0.2, -0.15) is 0 Å². The van der Waals surface area contributed by atoms with Gasteiger partial charge >= 0.3 is 0 Å². The SMILES string of the molecule is CCNC(=O)[C@H](Cc1ccccc1)N(Cc1ccccc1Cl)C(=O)COc1ccc(Cl)cc1Cl. The highest BCUT2D eigenvalue weighted by molar-refractivity contribution is 6.35. The molecule has 3 aromatic carbocycles. The molecule has 34 heavy (non-hydrogen) atoms. The zero-order chi connectivity index (χ0) is 24.5. The number of hydrogen-bond donors (Lipinski definition) is 1. The molecule has 0 bridgehead atoms. The molecule has 0 aliphatic carbocycles. The average Bonchev–Trinajstić information content (AvgIpc) is 2.82. The van der Waals surface area contributed by atoms with Gasteiger partial charge in [-0.05, 0) is 42.3 Å². The molecule has 0 fully saturated rings. The van der Waals surface area contributed by atoms with E-state index in [9.17, 15) is 9.59 Å². The first-order valence-corrected chi connectivity index (χ1v) is 11.9. The van der Waals surface area contributed by atoms with Crippen LogP contribution >= 0.6 is 34.8 Å². The quantitative estimate of drug-likeness (QED) is 0.368. The standard InChI is InChI=1S/C26H25Cl3N2O3/c1-2-30-26(33)23(14-18-8-4-3-5-9-18)31(16-19-10-6-7-11-21(19)28)25(32)17-34-24-13-12-20(27)15-22(24)29/h3-13,15,23H,2,14,16-17H2,1H3,(H,30,33)/t23-/m0/s1. The summed E-state index contributed by atoms with van der Waals surface area (Å²) in [6.45, 7) is 2.11. The highest BCUT2D eigenvalue weighted by Crippen LogP contribution is 2.28. The minimum Gasteiger partial charge on any atom is -0.482 e. The van der Waals surface area contributed by atoms with Crippen LogP contribution in [0.2, 0.25) is 15.1 Å². The first kappa shape index (κ1) is 25.9. The second-order valence-corrected chi connectivity index (χ2v) is 8.83. The highest BCUT2D eigenvalue weighted by atomic mass is 35.5. The molecule has 5 nitrogen and oxygen atoms in total. The van der Waals surface area contributed by atoms with Crippen LogP contribution in [0.5, 0.6) is 5.75 Å². The van der Waals surface area contributed by atoms with E-state index in [4.69, 9.17) is 39.5 Å². The molecule has 3 rings (SSSR count). The fraction of sp³-hybridized carbons (Fsp3) is 0.231. The van der Waals surface area contributed by atoms with Crippen LogP contribution in [0.3, 0.4) is 0 Å². The zero-order valence-electron chi connectivity index (χ0n) is 18.6. The second kappa shape index (κ2) is 12.7. The van der Waals surface area contributed by atoms with Crippen LogP contribution in [0, 0.1) is 0 Å². The number of nitrogens with one attached hydrogen (secondary N) is 1. The molecular formula is C26H25Cl3N2O3. The first-order chi connectivity index (χ1) is 16.4. The van der Waals surface area contributed by atoms with Gasteiger partial charge < -0.3 is 15.0 Å². The summed E-state index contributed by atoms with van der Waals surface area (Å²) in [5, 5.41) is 4.11. The molecule has 2 amide bonds. The van der Waals surface area contributed by atoms with E-state index in [2.05, 4.69) is 5.32 Å². The summed E-state index contributed by atoms with van der Waals surface area (Å²) in [5.41, 5.74) is 1.65. The van der Waals surface area contributed by atoms with Gasteiger partial charge in [0.25, 0.3) is 5.91 Å². The van der Waals surface area contributed by atoms with Crippen molar-refractivity contribution in [3.05, 3.63) is 99.0 Å². The van der Waals surface area contributed by atoms with Crippen molar-refractivity contribution in [3.63, 3.8) is 0 Å². The minimum absolute atomic E-state index is 0.144. The predicted octanol–water partition coefficient (Wildman–Crippen LogP) is 5.80. The van der Waals surface area contributed by atoms with E-state index in [0.717, 1.165) is 11.1 Å². The normalized spacial score (nSPS) is 11.5. The van der Waals surface area contributed by atoms with E-state index in [1.54, 1.807) is 18.2 Å². The van der Waals surface area contributed by atoms with Gasteiger partial charge in [0.05, 0.1) is 5.02 Å². The lowest BCUT2D eigenvalue weighted by Crippen LogP contribution is -2.51. The number of benzene rings is 3. The van der Waals surface area contributed by atoms with Gasteiger partial charge in [-0.15, -0.1) is 0 Å². The summed E-state index contributed by atoms with van der Waals surface area (Å²) in [4.78, 5) is 28.1. The number of carbonyl (C=O) groups excluding carboxylic acids is 2. The third-order valence-corrected chi connectivity index (χ3v) is 6.06. The lowest BCUT2D eigenvalue weighted by Gasteiger charge is -2.31. The smallest absolute Gasteiger partial charge is 0.261 e. The number of carbonyl (C=O) groups is 2. The van der Waals surface area contributed by atoms with Crippen molar-refractivity contribution in [2.75, 3.05) is 13.2 Å². The topological polar surface area (TPSA) is 58.6 Å². The second-order valence-electron chi connectivity index (χ2n) is 7.58. The molecule has 0 aliphatic rings. The molecule has 0 unspecified atom stereocenters. The van der Waals surface area contributed by atoms with E-state index >= 15 is 0 Å². The number of nitrogens with zero attached hydrogens (tertiary/aromatic N) is 1. The molecule has 0 spiro atoms. The van der Waals surface area contributed by atoms with E-state index in [1.165, 1.54) is 11.0 Å². The van der Waals surface area contributed by atoms with Gasteiger partial charge in [0.15, 0.2) is 6.61 Å². The molecule has 3 aromatic rings. The molecule has 178 valence electrons. The minimum atomic E-state index is -0.768. The number of halogens is 3. The summed E-state index contributed by atoms with van der Waals surface area (Å²) in [6, 6.07) is 20.8. The van der Waals surface area contributed by atoms with Crippen molar-refractivity contribution in [1.82, 2.24) is 10.2 Å². The summed E-state index contributed by atoms with van der Waals surface area (Å²) in [7, 11) is 0. The van der Waals surface area contributed by atoms with Gasteiger partial charge in [0, 0.05) is 29.6 Å². The molecule has 0 saturated carbocycles. The maximum Gasteiger partial charge on any atom is 0.261 e. The van der Waals surface area contributed by atoms with Crippen molar-refractivity contribution in [2.45, 2.75) is 25.9 Å². The van der Waals surface area contributed by atoms with Crippen LogP contribution in [-0.4, -0.2) is 35.9 Å². The molecule has 1 atom stereocenters. The van der Waals surface area contributed by atoms with Crippen LogP contribution in [0.1, 0.15) is 18.1 Å². The van der Waals surface area contributed by atoms with Crippen LogP contribution in [0.15, 0.2) is 72.8 Å². The van der Waals surface area contributed by atoms with Crippen LogP contribution < -0.4 is 10.1 Å². The van der Waals surface area contributed by atoms with E-state index in [0.29, 0.717) is 33.8 Å². The summed E-state index contributed by atoms with van der Waals surface area (Å²) in [5.74, 6) is -0.302. The first-order valence-electron chi connectivity index (χ1n) is 10.8. The number of hydrogen-bond acceptors (Lipinski definition) is 3. The lowest BCUT2D eigenvalue weighted by atomic mass is 10.0. The number of rotatable bonds is 10. The van der Waals surface area contributed by atoms with Gasteiger partial charge in [-0.1, -0.05) is 83.3 Å². The number of likely N-dealkylation sites (N-methyl/N-ethyl adjacent to an activating group) is 1. The van der Waals surface area contributed by atoms with E-state index in [1.807, 2.05) is 55.5 Å². The van der Waals surface area contributed by atoms with E-state index < -0.39 is 6.04 Å². The maximum atomic E-state index is 13.5. The van der Waals surface area contributed by atoms with Crippen LogP contribution in [0.4, 0.5) is 0 Å². The molecule has 0 saturated heterocycles. The van der Waals surface area contributed by atoms with Crippen LogP contribution in [-0.2, 0) is 22.6 Å². The van der Waals surface area contributed by atoms with Crippen molar-refractivity contribution in [1.29, 1.82) is 0 Å². The maximum absolute atomic E-state index is 13.5. The Morgan fingerprint density at radius 3 is 2.32 bits per heavy atom. The lowest BCUT2D eigenvalue weighted by molar-refractivity contribution is -0.142. The molecule has 0 aromatic heterocycles. The van der Waals surface area contributed by atoms with E-state index in [-0.39, 0.29) is 25.0 Å². The van der Waals surface area contributed by atoms with Crippen molar-refractivity contribution >= 4 is 46.6 Å². The highest BCUT2D eigenvalue weighted by Gasteiger charge is 2.31. The Hall–Kier alpha value is -2.73. The molecule has 1 N–H and O–H groups in total. The average molecular weight is 520 g/mol. The zero-order valence-corrected chi connectivity index (χ0v) is 20.9. The molecule has 0 heterocycles. The monoisotopic (exact) mass is 518 g/mol. The Balaban J connectivity index is 1.91. The number of ether oxygens (including phenoxy) is 1. The summed E-state index contributed by atoms with van der Waals surface area (Å²) < 4.78 is 5.70. The van der Waals surface area contributed by atoms with Gasteiger partial charge in [-0.3, -0.25) is 9.59 Å². The third kappa shape index (κ3) is 7.13. The Kier molecular flexibility index (Phi) is 9.63. The van der Waals surface area contributed by atoms with Gasteiger partial charge in [0.1, 0.15) is 11.8 Å². The molecule has 0 aliphatic heterocycles.